The summed E-state index contributed by atoms with van der Waals surface area (Å²) in [6.45, 7) is 4.15. The fraction of sp³-hybridized carbons (Fsp3) is 0.667. The van der Waals surface area contributed by atoms with Gasteiger partial charge in [0.15, 0.2) is 11.5 Å². The van der Waals surface area contributed by atoms with E-state index in [4.69, 9.17) is 37.2 Å². The number of ether oxygens (including phenoxy) is 2. The molecule has 1 aromatic rings. The fourth-order valence-electron chi connectivity index (χ4n) is 4.03. The summed E-state index contributed by atoms with van der Waals surface area (Å²) in [7, 11) is 0.0727. The molecule has 6 nitrogen and oxygen atoms in total. The highest BCUT2D eigenvalue weighted by Crippen LogP contribution is 2.66. The first kappa shape index (κ1) is 21.4. The Hall–Kier alpha value is -0.330. The lowest BCUT2D eigenvalue weighted by Crippen LogP contribution is -2.53. The molecule has 3 atom stereocenters. The van der Waals surface area contributed by atoms with Gasteiger partial charge in [-0.05, 0) is 29.7 Å². The van der Waals surface area contributed by atoms with Crippen LogP contribution < -0.4 is 14.4 Å². The minimum absolute atomic E-state index is 0.0127. The topological polar surface area (TPSA) is 57.2 Å². The molecule has 0 spiro atoms. The maximum atomic E-state index is 14.0. The molecular weight excluding hydrogens is 410 g/mol. The molecule has 0 radical (unpaired) electrons. The Bertz CT molecular complexity index is 662. The number of nitrogens with zero attached hydrogens (tertiary/aromatic N) is 2. The molecule has 2 aliphatic heterocycles. The predicted octanol–water partition coefficient (Wildman–Crippen LogP) is 3.09. The molecule has 1 saturated heterocycles. The minimum atomic E-state index is -3.20. The molecule has 0 bridgehead atoms. The van der Waals surface area contributed by atoms with Crippen molar-refractivity contribution in [1.82, 2.24) is 9.34 Å². The van der Waals surface area contributed by atoms with Gasteiger partial charge in [0, 0.05) is 24.2 Å². The van der Waals surface area contributed by atoms with Gasteiger partial charge < -0.3 is 14.4 Å². The highest BCUT2D eigenvalue weighted by atomic mass is 35.5. The maximum absolute atomic E-state index is 14.0. The number of fused-ring (bicyclic) bond motifs is 3. The van der Waals surface area contributed by atoms with Crippen molar-refractivity contribution in [2.75, 3.05) is 52.2 Å². The Labute approximate surface area is 171 Å². The van der Waals surface area contributed by atoms with Gasteiger partial charge in [-0.15, -0.1) is 32.5 Å². The number of alkyl halides is 2. The molecule has 0 aromatic heterocycles. The number of hydrogen-bond donors (Lipinski definition) is 0. The second-order valence-corrected chi connectivity index (χ2v) is 9.93. The first-order chi connectivity index (χ1) is 13.0. The van der Waals surface area contributed by atoms with Crippen LogP contribution in [-0.4, -0.2) is 61.6 Å². The van der Waals surface area contributed by atoms with Crippen LogP contribution in [0.2, 0.25) is 0 Å². The van der Waals surface area contributed by atoms with Crippen molar-refractivity contribution >= 4 is 31.2 Å². The third kappa shape index (κ3) is 3.91. The monoisotopic (exact) mass is 436 g/mol. The summed E-state index contributed by atoms with van der Waals surface area (Å²) >= 11 is 11.9. The van der Waals surface area contributed by atoms with Gasteiger partial charge in [0.2, 0.25) is 0 Å². The Morgan fingerprint density at radius 1 is 1.22 bits per heavy atom. The van der Waals surface area contributed by atoms with Crippen molar-refractivity contribution < 1.29 is 18.9 Å². The Morgan fingerprint density at radius 2 is 1.85 bits per heavy atom. The van der Waals surface area contributed by atoms with Crippen LogP contribution in [-0.2, 0) is 10.9 Å². The van der Waals surface area contributed by atoms with E-state index >= 15 is 0 Å². The molecule has 1 fully saturated rings. The summed E-state index contributed by atoms with van der Waals surface area (Å²) in [5.41, 5.74) is 2.34. The maximum Gasteiger partial charge on any atom is 0.253 e. The van der Waals surface area contributed by atoms with Gasteiger partial charge in [-0.25, -0.2) is 4.52 Å². The molecule has 3 rings (SSSR count). The van der Waals surface area contributed by atoms with Crippen LogP contribution >= 0.6 is 31.2 Å². The summed E-state index contributed by atoms with van der Waals surface area (Å²) in [6.07, 6.45) is 0.766. The number of benzene rings is 1. The molecular formula is C18H27Cl2N2O4P. The van der Waals surface area contributed by atoms with Gasteiger partial charge in [-0.2, -0.15) is 0 Å². The lowest BCUT2D eigenvalue weighted by Gasteiger charge is -2.53. The molecule has 2 aliphatic rings. The van der Waals surface area contributed by atoms with Crippen LogP contribution in [0, 0.1) is 5.92 Å². The second-order valence-electron chi connectivity index (χ2n) is 6.86. The molecule has 0 saturated carbocycles. The molecule has 1 unspecified atom stereocenters. The smallest absolute Gasteiger partial charge is 0.253 e. The molecule has 9 heteroatoms. The van der Waals surface area contributed by atoms with Gasteiger partial charge >= 0.3 is 0 Å². The standard InChI is InChI=1S/C18H27Cl2N2O4P/c1-13-12-26-27(23,21(8-5-19)9-6-20)22-7-4-14-10-16(24-2)17(25-3)11-15(14)18(13)22/h10-11,13,18H,4-9,12H2,1-3H3/t13-,18+,27?/m0/s1. The van der Waals surface area contributed by atoms with E-state index in [1.54, 1.807) is 14.2 Å². The van der Waals surface area contributed by atoms with Crippen molar-refractivity contribution in [3.63, 3.8) is 0 Å². The van der Waals surface area contributed by atoms with Crippen molar-refractivity contribution in [3.8, 4) is 11.5 Å². The predicted molar refractivity (Wildman–Crippen MR) is 108 cm³/mol. The van der Waals surface area contributed by atoms with Gasteiger partial charge in [0.05, 0.1) is 40.0 Å². The number of methoxy groups -OCH3 is 2. The largest absolute Gasteiger partial charge is 0.626 e. The van der Waals surface area contributed by atoms with E-state index in [1.165, 1.54) is 5.56 Å². The SMILES string of the molecule is COc1cc2c(cc1OC)[C@H]1[C@@H](C)CO[P+]([O-])(N(CCCl)CCCl)N1CC2. The summed E-state index contributed by atoms with van der Waals surface area (Å²) in [5, 5.41) is 0. The zero-order valence-electron chi connectivity index (χ0n) is 16.0. The highest BCUT2D eigenvalue weighted by molar-refractivity contribution is 7.59. The van der Waals surface area contributed by atoms with Crippen molar-refractivity contribution in [2.24, 2.45) is 5.92 Å². The summed E-state index contributed by atoms with van der Waals surface area (Å²) in [4.78, 5) is 14.0. The first-order valence-corrected chi connectivity index (χ1v) is 11.7. The normalized spacial score (nSPS) is 28.0. The Balaban J connectivity index is 2.02. The molecule has 27 heavy (non-hydrogen) atoms. The van der Waals surface area contributed by atoms with Crippen molar-refractivity contribution in [3.05, 3.63) is 23.3 Å². The van der Waals surface area contributed by atoms with E-state index in [-0.39, 0.29) is 12.0 Å². The zero-order valence-corrected chi connectivity index (χ0v) is 18.4. The molecule has 0 amide bonds. The second kappa shape index (κ2) is 9.00. The summed E-state index contributed by atoms with van der Waals surface area (Å²) < 4.78 is 20.8. The average molecular weight is 437 g/mol. The number of hydrogen-bond acceptors (Lipinski definition) is 6. The van der Waals surface area contributed by atoms with E-state index in [0.717, 1.165) is 17.7 Å². The van der Waals surface area contributed by atoms with Gasteiger partial charge in [0.1, 0.15) is 0 Å². The Morgan fingerprint density at radius 3 is 2.44 bits per heavy atom. The van der Waals surface area contributed by atoms with E-state index in [2.05, 4.69) is 6.92 Å². The quantitative estimate of drug-likeness (QED) is 0.483. The van der Waals surface area contributed by atoms with Gasteiger partial charge in [-0.1, -0.05) is 6.92 Å². The molecule has 0 N–H and O–H groups in total. The summed E-state index contributed by atoms with van der Waals surface area (Å²) in [5.74, 6) is 2.35. The van der Waals surface area contributed by atoms with Gasteiger partial charge in [0.25, 0.3) is 8.02 Å². The third-order valence-electron chi connectivity index (χ3n) is 5.31. The molecule has 1 aromatic carbocycles. The number of rotatable bonds is 7. The lowest BCUT2D eigenvalue weighted by molar-refractivity contribution is -0.233. The van der Waals surface area contributed by atoms with E-state index in [9.17, 15) is 4.89 Å². The molecule has 2 heterocycles. The fourth-order valence-corrected chi connectivity index (χ4v) is 7.47. The van der Waals surface area contributed by atoms with E-state index < -0.39 is 8.02 Å². The number of halogens is 2. The Kier molecular flexibility index (Phi) is 7.12. The zero-order chi connectivity index (χ0) is 19.6. The van der Waals surface area contributed by atoms with Crippen LogP contribution in [0.5, 0.6) is 11.5 Å². The molecule has 152 valence electrons. The van der Waals surface area contributed by atoms with Crippen LogP contribution in [0.4, 0.5) is 0 Å². The van der Waals surface area contributed by atoms with E-state index in [0.29, 0.717) is 43.8 Å². The first-order valence-electron chi connectivity index (χ1n) is 9.14. The minimum Gasteiger partial charge on any atom is -0.626 e. The van der Waals surface area contributed by atoms with Gasteiger partial charge in [-0.3, -0.25) is 0 Å². The average Bonchev–Trinajstić information content (AvgIpc) is 2.69. The van der Waals surface area contributed by atoms with Crippen LogP contribution in [0.1, 0.15) is 24.1 Å². The third-order valence-corrected chi connectivity index (χ3v) is 8.34. The van der Waals surface area contributed by atoms with Crippen molar-refractivity contribution in [2.45, 2.75) is 19.4 Å². The summed E-state index contributed by atoms with van der Waals surface area (Å²) in [6, 6.07) is 4.04. The van der Waals surface area contributed by atoms with Crippen LogP contribution in [0.15, 0.2) is 12.1 Å². The lowest BCUT2D eigenvalue weighted by atomic mass is 9.87. The molecule has 0 aliphatic carbocycles. The van der Waals surface area contributed by atoms with E-state index in [1.807, 2.05) is 21.5 Å². The highest BCUT2D eigenvalue weighted by Gasteiger charge is 2.54. The van der Waals surface area contributed by atoms with Crippen molar-refractivity contribution in [1.29, 1.82) is 0 Å². The van der Waals surface area contributed by atoms with Crippen LogP contribution in [0.25, 0.3) is 0 Å². The van der Waals surface area contributed by atoms with Crippen LogP contribution in [0.3, 0.4) is 0 Å².